The van der Waals surface area contributed by atoms with Gasteiger partial charge in [0.25, 0.3) is 5.91 Å². The van der Waals surface area contributed by atoms with E-state index >= 15 is 0 Å². The molecule has 2 saturated heterocycles. The number of fused-ring (bicyclic) bond motifs is 2. The predicted molar refractivity (Wildman–Crippen MR) is 306 cm³/mol. The van der Waals surface area contributed by atoms with Gasteiger partial charge in [-0.3, -0.25) is 33.7 Å². The number of likely N-dealkylation sites (N-methyl/N-ethyl adjacent to an activating group) is 1. The molecule has 1 atom stereocenters. The van der Waals surface area contributed by atoms with Gasteiger partial charge in [0.05, 0.1) is 22.7 Å². The van der Waals surface area contributed by atoms with Crippen molar-refractivity contribution in [1.82, 2.24) is 44.3 Å². The number of carbonyl (C=O) groups is 3. The number of aryl methyl sites for hydroxylation is 2. The topological polar surface area (TPSA) is 141 Å². The Bertz CT molecular complexity index is 2780. The van der Waals surface area contributed by atoms with Crippen molar-refractivity contribution in [3.8, 4) is 11.1 Å². The lowest BCUT2D eigenvalue weighted by Crippen LogP contribution is -2.48. The van der Waals surface area contributed by atoms with Crippen LogP contribution in [0.5, 0.6) is 0 Å². The molecule has 3 aromatic carbocycles. The smallest absolute Gasteiger partial charge is 0.329 e. The van der Waals surface area contributed by atoms with Crippen LogP contribution in [0.2, 0.25) is 0 Å². The molecule has 74 heavy (non-hydrogen) atoms. The quantitative estimate of drug-likeness (QED) is 0.0811. The summed E-state index contributed by atoms with van der Waals surface area (Å²) in [4.78, 5) is 62.1. The summed E-state index contributed by atoms with van der Waals surface area (Å²) in [7, 11) is 3.31. The van der Waals surface area contributed by atoms with Crippen LogP contribution in [0, 0.1) is 12.8 Å². The number of aldehydes is 1. The van der Waals surface area contributed by atoms with Crippen molar-refractivity contribution < 1.29 is 14.4 Å². The van der Waals surface area contributed by atoms with Crippen LogP contribution in [0.15, 0.2) is 89.5 Å². The Hall–Kier alpha value is -6.18. The van der Waals surface area contributed by atoms with Crippen molar-refractivity contribution in [1.29, 1.82) is 0 Å². The first-order valence-electron chi connectivity index (χ1n) is 27.7. The number of H-pyrrole nitrogens is 1. The fourth-order valence-electron chi connectivity index (χ4n) is 10.5. The number of aromatic nitrogens is 5. The molecule has 5 heterocycles. The average molecular weight is 1010 g/mol. The number of allylic oxidation sites excluding steroid dienone is 1. The molecular weight excluding hydrogens is 923 g/mol. The first-order valence-corrected chi connectivity index (χ1v) is 27.7. The number of para-hydroxylation sites is 1. The minimum absolute atomic E-state index is 0.161. The highest BCUT2D eigenvalue weighted by atomic mass is 16.2. The zero-order valence-corrected chi connectivity index (χ0v) is 46.7. The van der Waals surface area contributed by atoms with E-state index in [9.17, 15) is 19.2 Å². The fourth-order valence-corrected chi connectivity index (χ4v) is 10.5. The van der Waals surface area contributed by atoms with Gasteiger partial charge in [-0.05, 0) is 123 Å². The Morgan fingerprint density at radius 2 is 1.54 bits per heavy atom. The number of rotatable bonds is 18. The molecule has 2 fully saturated rings. The molecule has 1 unspecified atom stereocenters. The van der Waals surface area contributed by atoms with Crippen molar-refractivity contribution in [2.24, 2.45) is 13.0 Å². The minimum atomic E-state index is -0.740. The first kappa shape index (κ1) is 58.7. The van der Waals surface area contributed by atoms with Crippen molar-refractivity contribution in [3.05, 3.63) is 123 Å². The second kappa shape index (κ2) is 29.6. The summed E-state index contributed by atoms with van der Waals surface area (Å²) in [5.41, 5.74) is 11.6. The van der Waals surface area contributed by atoms with Crippen LogP contribution < -0.4 is 11.0 Å². The van der Waals surface area contributed by atoms with E-state index in [4.69, 9.17) is 0 Å². The van der Waals surface area contributed by atoms with Gasteiger partial charge in [0.2, 0.25) is 5.91 Å². The Balaban J connectivity index is 0.000000336. The molecule has 13 nitrogen and oxygen atoms in total. The number of piperidine rings is 1. The lowest BCUT2D eigenvalue weighted by Gasteiger charge is -2.39. The van der Waals surface area contributed by atoms with Crippen LogP contribution in [0.3, 0.4) is 0 Å². The molecule has 2 aliphatic heterocycles. The number of likely N-dealkylation sites (tertiary alicyclic amines) is 1. The van der Waals surface area contributed by atoms with E-state index in [1.807, 2.05) is 69.3 Å². The summed E-state index contributed by atoms with van der Waals surface area (Å²) in [6.07, 6.45) is 15.1. The highest BCUT2D eigenvalue weighted by molar-refractivity contribution is 5.94. The van der Waals surface area contributed by atoms with E-state index in [-0.39, 0.29) is 30.3 Å². The molecule has 0 spiro atoms. The molecule has 2 aliphatic rings. The highest BCUT2D eigenvalue weighted by Gasteiger charge is 2.29. The van der Waals surface area contributed by atoms with Crippen LogP contribution in [-0.2, 0) is 23.2 Å². The maximum absolute atomic E-state index is 13.4. The van der Waals surface area contributed by atoms with E-state index < -0.39 is 6.04 Å². The molecule has 2 N–H and O–H groups in total. The molecule has 13 heteroatoms. The summed E-state index contributed by atoms with van der Waals surface area (Å²) in [5.74, 6) is 1.07. The van der Waals surface area contributed by atoms with Crippen LogP contribution in [-0.4, -0.2) is 110 Å². The zero-order chi connectivity index (χ0) is 53.7. The number of piperazine rings is 1. The van der Waals surface area contributed by atoms with Gasteiger partial charge in [0.15, 0.2) is 0 Å². The second-order valence-corrected chi connectivity index (χ2v) is 19.5. The largest absolute Gasteiger partial charge is 0.357 e. The SMILES string of the molecule is CC.CC.CC/C(C)=C/c1c(-c2ccc3[nH]ncc3c2)ccnc1C.CCCC(CCC)c1ccc(C(=O)N2CCC(CN3CCN(Cc4cccc5c4n(C)c(=O)n5C(CCC=O)C(=O)NC)CC3)CC2)cc1. The molecule has 0 aliphatic carbocycles. The minimum Gasteiger partial charge on any atom is -0.357 e. The van der Waals surface area contributed by atoms with E-state index in [1.165, 1.54) is 53.5 Å². The summed E-state index contributed by atoms with van der Waals surface area (Å²) in [6.45, 7) is 26.2. The van der Waals surface area contributed by atoms with Gasteiger partial charge in [-0.2, -0.15) is 5.10 Å². The van der Waals surface area contributed by atoms with Crippen LogP contribution in [0.4, 0.5) is 0 Å². The summed E-state index contributed by atoms with van der Waals surface area (Å²) in [5, 5.41) is 10.9. The van der Waals surface area contributed by atoms with E-state index in [0.717, 1.165) is 117 Å². The molecule has 0 radical (unpaired) electrons. The summed E-state index contributed by atoms with van der Waals surface area (Å²) < 4.78 is 3.19. The van der Waals surface area contributed by atoms with Crippen LogP contribution in [0.25, 0.3) is 39.1 Å². The number of carbonyl (C=O) groups excluding carboxylic acids is 3. The van der Waals surface area contributed by atoms with Gasteiger partial charge in [-0.25, -0.2) is 4.79 Å². The number of benzene rings is 3. The number of pyridine rings is 1. The van der Waals surface area contributed by atoms with Gasteiger partial charge in [0, 0.05) is 101 Å². The monoisotopic (exact) mass is 1010 g/mol. The van der Waals surface area contributed by atoms with Crippen molar-refractivity contribution in [2.75, 3.05) is 52.9 Å². The summed E-state index contributed by atoms with van der Waals surface area (Å²) >= 11 is 0. The Morgan fingerprint density at radius 3 is 2.18 bits per heavy atom. The molecule has 8 rings (SSSR count). The maximum Gasteiger partial charge on any atom is 0.329 e. The number of aromatic amines is 1. The Labute approximate surface area is 441 Å². The normalized spacial score (nSPS) is 14.9. The molecule has 2 amide bonds. The standard InChI is InChI=1S/C39H56N6O4.C18H19N3.2C2H6/c1-5-9-30(10-6-2)31-14-16-32(17-15-31)38(48)44-20-18-29(19-21-44)27-42-22-24-43(25-23-42)28-33-11-7-12-34-36(33)41(4)39(49)45(34)35(13-8-26-46)37(47)40-3;1-4-12(2)9-17-13(3)19-8-7-16(17)14-5-6-18-15(10-14)11-20-21-18;2*1-2/h7,11-12,14-17,26,29-30,35H,5-6,8-10,13,18-25,27-28H2,1-4H3,(H,40,47);5-11H,4H2,1-3H3,(H,20,21);2*1-2H3/b;12-9+;;. The average Bonchev–Trinajstić information content (AvgIpc) is 4.02. The zero-order valence-electron chi connectivity index (χ0n) is 46.7. The van der Waals surface area contributed by atoms with Gasteiger partial charge in [-0.1, -0.05) is 103 Å². The van der Waals surface area contributed by atoms with Gasteiger partial charge < -0.3 is 19.9 Å². The number of hydrogen-bond acceptors (Lipinski definition) is 8. The first-order chi connectivity index (χ1) is 36.0. The number of hydrogen-bond donors (Lipinski definition) is 2. The van der Waals surface area contributed by atoms with Crippen molar-refractivity contribution >= 4 is 46.1 Å². The number of nitrogens with one attached hydrogen (secondary N) is 2. The molecule has 0 bridgehead atoms. The third-order valence-corrected chi connectivity index (χ3v) is 14.7. The van der Waals surface area contributed by atoms with E-state index in [1.54, 1.807) is 23.2 Å². The Kier molecular flexibility index (Phi) is 23.5. The maximum atomic E-state index is 13.4. The molecule has 6 aromatic rings. The molecular formula is C61H87N9O4. The van der Waals surface area contributed by atoms with Crippen LogP contribution in [0.1, 0.15) is 158 Å². The lowest BCUT2D eigenvalue weighted by molar-refractivity contribution is -0.124. The fraction of sp³-hybridized carbons (Fsp3) is 0.508. The van der Waals surface area contributed by atoms with Crippen molar-refractivity contribution in [2.45, 2.75) is 139 Å². The number of imidazole rings is 1. The van der Waals surface area contributed by atoms with Gasteiger partial charge in [0.1, 0.15) is 12.3 Å². The van der Waals surface area contributed by atoms with Crippen molar-refractivity contribution in [3.63, 3.8) is 0 Å². The molecule has 0 saturated carbocycles. The number of amides is 2. The van der Waals surface area contributed by atoms with Gasteiger partial charge >= 0.3 is 5.69 Å². The molecule has 400 valence electrons. The predicted octanol–water partition coefficient (Wildman–Crippen LogP) is 11.8. The van der Waals surface area contributed by atoms with E-state index in [2.05, 4.69) is 113 Å². The van der Waals surface area contributed by atoms with Gasteiger partial charge in [-0.15, -0.1) is 0 Å². The molecule has 3 aromatic heterocycles. The lowest BCUT2D eigenvalue weighted by atomic mass is 9.90. The second-order valence-electron chi connectivity index (χ2n) is 19.5. The highest BCUT2D eigenvalue weighted by Crippen LogP contribution is 2.31. The third-order valence-electron chi connectivity index (χ3n) is 14.7. The van der Waals surface area contributed by atoms with Crippen LogP contribution >= 0.6 is 0 Å². The summed E-state index contributed by atoms with van der Waals surface area (Å²) in [6, 6.07) is 22.1. The van der Waals surface area contributed by atoms with E-state index in [0.29, 0.717) is 11.8 Å². The third kappa shape index (κ3) is 14.8. The number of nitrogens with zero attached hydrogens (tertiary/aromatic N) is 7. The Morgan fingerprint density at radius 1 is 0.865 bits per heavy atom.